The van der Waals surface area contributed by atoms with E-state index in [2.05, 4.69) is 20.9 Å². The molecule has 15 heavy (non-hydrogen) atoms. The predicted octanol–water partition coefficient (Wildman–Crippen LogP) is -0.485. The molecule has 5 nitrogen and oxygen atoms in total. The van der Waals surface area contributed by atoms with Gasteiger partial charge in [-0.25, -0.2) is 9.67 Å². The number of nitrogens with zero attached hydrogens (tertiary/aromatic N) is 4. The number of hydrogen-bond acceptors (Lipinski definition) is 4. The summed E-state index contributed by atoms with van der Waals surface area (Å²) < 4.78 is 7.22. The van der Waals surface area contributed by atoms with Crippen LogP contribution in [0.3, 0.4) is 0 Å². The van der Waals surface area contributed by atoms with Gasteiger partial charge in [0.25, 0.3) is 0 Å². The van der Waals surface area contributed by atoms with Crippen LogP contribution in [0.15, 0.2) is 29.1 Å². The van der Waals surface area contributed by atoms with Crippen LogP contribution in [-0.4, -0.2) is 28.1 Å². The lowest BCUT2D eigenvalue weighted by atomic mass is 9.99. The van der Waals surface area contributed by atoms with Crippen LogP contribution in [0, 0.1) is 6.92 Å². The molecule has 0 aliphatic carbocycles. The van der Waals surface area contributed by atoms with E-state index in [1.54, 1.807) is 10.8 Å². The van der Waals surface area contributed by atoms with Crippen molar-refractivity contribution >= 4 is 24.8 Å². The summed E-state index contributed by atoms with van der Waals surface area (Å²) in [4.78, 5) is 8.31. The second-order valence-corrected chi connectivity index (χ2v) is 3.23. The van der Waals surface area contributed by atoms with Crippen molar-refractivity contribution in [3.05, 3.63) is 29.9 Å². The van der Waals surface area contributed by atoms with Gasteiger partial charge < -0.3 is 4.65 Å². The highest BCUT2D eigenvalue weighted by molar-refractivity contribution is 6.45. The van der Waals surface area contributed by atoms with Crippen molar-refractivity contribution in [1.82, 2.24) is 14.8 Å². The minimum absolute atomic E-state index is 0.401. The van der Waals surface area contributed by atoms with Gasteiger partial charge in [-0.3, -0.25) is 0 Å². The van der Waals surface area contributed by atoms with Gasteiger partial charge in [-0.05, 0) is 24.9 Å². The fraction of sp³-hybridized carbons (Fsp3) is 0.111. The van der Waals surface area contributed by atoms with E-state index < -0.39 is 0 Å². The molecule has 0 fully saturated rings. The highest BCUT2D eigenvalue weighted by Crippen LogP contribution is 2.17. The van der Waals surface area contributed by atoms with Gasteiger partial charge in [0, 0.05) is 0 Å². The Morgan fingerprint density at radius 2 is 2.47 bits per heavy atom. The minimum Gasteiger partial charge on any atom is -0.541 e. The van der Waals surface area contributed by atoms with Crippen LogP contribution < -0.4 is 5.72 Å². The summed E-state index contributed by atoms with van der Waals surface area (Å²) in [7, 11) is 0.401. The summed E-state index contributed by atoms with van der Waals surface area (Å²) in [5, 5.41) is 4.29. The Bertz CT molecular complexity index is 548. The number of aliphatic imine (C=N–C) groups is 1. The van der Waals surface area contributed by atoms with E-state index in [-0.39, 0.29) is 0 Å². The average molecular weight is 198 g/mol. The van der Waals surface area contributed by atoms with Gasteiger partial charge in [0.05, 0.1) is 0 Å². The van der Waals surface area contributed by atoms with Gasteiger partial charge in [0.1, 0.15) is 17.2 Å². The van der Waals surface area contributed by atoms with E-state index in [0.717, 1.165) is 17.2 Å². The first-order valence-corrected chi connectivity index (χ1v) is 4.61. The van der Waals surface area contributed by atoms with E-state index in [0.29, 0.717) is 13.4 Å². The molecule has 0 saturated heterocycles. The number of hydrogen-bond donors (Lipinski definition) is 0. The molecule has 1 aromatic rings. The molecule has 2 aliphatic rings. The molecule has 3 rings (SSSR count). The lowest BCUT2D eigenvalue weighted by Gasteiger charge is -2.15. The van der Waals surface area contributed by atoms with Crippen molar-refractivity contribution in [3.8, 4) is 0 Å². The van der Waals surface area contributed by atoms with Gasteiger partial charge in [0.2, 0.25) is 5.88 Å². The Labute approximate surface area is 86.8 Å². The zero-order chi connectivity index (χ0) is 10.3. The van der Waals surface area contributed by atoms with E-state index in [1.165, 1.54) is 0 Å². The van der Waals surface area contributed by atoms with E-state index >= 15 is 0 Å². The van der Waals surface area contributed by atoms with Crippen LogP contribution in [0.1, 0.15) is 5.82 Å². The Morgan fingerprint density at radius 3 is 3.40 bits per heavy atom. The van der Waals surface area contributed by atoms with E-state index in [1.807, 2.05) is 19.1 Å². The van der Waals surface area contributed by atoms with E-state index in [9.17, 15) is 0 Å². The Hall–Kier alpha value is -2.07. The summed E-state index contributed by atoms with van der Waals surface area (Å²) in [6.07, 6.45) is 5.46. The third-order valence-electron chi connectivity index (χ3n) is 2.16. The van der Waals surface area contributed by atoms with Crippen LogP contribution in [0.4, 0.5) is 0 Å². The first-order valence-electron chi connectivity index (χ1n) is 4.61. The molecule has 6 heteroatoms. The molecule has 0 bridgehead atoms. The van der Waals surface area contributed by atoms with E-state index in [4.69, 9.17) is 4.65 Å². The first kappa shape index (κ1) is 8.26. The zero-order valence-corrected chi connectivity index (χ0v) is 8.14. The molecular weight excluding hydrogens is 191 g/mol. The number of aryl methyl sites for hydroxylation is 1. The molecule has 0 radical (unpaired) electrons. The van der Waals surface area contributed by atoms with Crippen molar-refractivity contribution in [3.63, 3.8) is 0 Å². The molecule has 2 aliphatic heterocycles. The summed E-state index contributed by atoms with van der Waals surface area (Å²) in [6.45, 7) is 1.85. The van der Waals surface area contributed by atoms with Gasteiger partial charge in [0.15, 0.2) is 0 Å². The molecule has 0 N–H and O–H groups in total. The van der Waals surface area contributed by atoms with Crippen molar-refractivity contribution in [1.29, 1.82) is 0 Å². The zero-order valence-electron chi connectivity index (χ0n) is 8.14. The molecule has 0 saturated carbocycles. The van der Waals surface area contributed by atoms with Crippen LogP contribution in [-0.2, 0) is 4.65 Å². The number of fused-ring (bicyclic) bond motifs is 2. The standard InChI is InChI=1S/C9H7BN4O/c1-6-12-9-10-15-8-7(14(9)13-6)4-2-3-5-11-8/h2-4,10H,1H3. The van der Waals surface area contributed by atoms with Crippen molar-refractivity contribution in [2.75, 3.05) is 0 Å². The lowest BCUT2D eigenvalue weighted by molar-refractivity contribution is 0.446. The van der Waals surface area contributed by atoms with Crippen LogP contribution >= 0.6 is 0 Å². The molecule has 0 amide bonds. The Balaban J connectivity index is 2.23. The smallest absolute Gasteiger partial charge is 0.416 e. The summed E-state index contributed by atoms with van der Waals surface area (Å²) in [5.74, 6) is 4.03. The van der Waals surface area contributed by atoms with Gasteiger partial charge in [-0.15, -0.1) is 0 Å². The monoisotopic (exact) mass is 198 g/mol. The third-order valence-corrected chi connectivity index (χ3v) is 2.16. The Kier molecular flexibility index (Phi) is 1.63. The third kappa shape index (κ3) is 1.23. The largest absolute Gasteiger partial charge is 0.541 e. The van der Waals surface area contributed by atoms with Gasteiger partial charge in [-0.2, -0.15) is 10.1 Å². The molecule has 0 unspecified atom stereocenters. The van der Waals surface area contributed by atoms with Gasteiger partial charge in [-0.1, -0.05) is 6.08 Å². The number of allylic oxidation sites excluding steroid dienone is 4. The van der Waals surface area contributed by atoms with Gasteiger partial charge >= 0.3 is 7.48 Å². The maximum absolute atomic E-state index is 5.46. The number of rotatable bonds is 0. The summed E-state index contributed by atoms with van der Waals surface area (Å²) in [6, 6.07) is 0. The van der Waals surface area contributed by atoms with Crippen LogP contribution in [0.25, 0.3) is 5.70 Å². The molecule has 0 spiro atoms. The Morgan fingerprint density at radius 1 is 1.53 bits per heavy atom. The highest BCUT2D eigenvalue weighted by Gasteiger charge is 2.22. The van der Waals surface area contributed by atoms with Crippen molar-refractivity contribution in [2.24, 2.45) is 4.99 Å². The SMILES string of the molecule is Cc1nc2n(n1)C1=C(N=C=CC=C1)OB2. The van der Waals surface area contributed by atoms with Crippen molar-refractivity contribution < 1.29 is 4.65 Å². The predicted molar refractivity (Wildman–Crippen MR) is 57.0 cm³/mol. The first-order chi connectivity index (χ1) is 7.34. The molecular formula is C9H7BN4O. The quantitative estimate of drug-likeness (QED) is 0.528. The fourth-order valence-corrected chi connectivity index (χ4v) is 1.55. The van der Waals surface area contributed by atoms with Crippen LogP contribution in [0.5, 0.6) is 0 Å². The minimum atomic E-state index is 0.401. The molecule has 72 valence electrons. The maximum Gasteiger partial charge on any atom is 0.416 e. The molecule has 0 aromatic carbocycles. The van der Waals surface area contributed by atoms with Crippen LogP contribution in [0.2, 0.25) is 0 Å². The number of aromatic nitrogens is 3. The normalized spacial score (nSPS) is 16.6. The second kappa shape index (κ2) is 2.97. The summed E-state index contributed by atoms with van der Waals surface area (Å²) >= 11 is 0. The average Bonchev–Trinajstić information content (AvgIpc) is 2.48. The lowest BCUT2D eigenvalue weighted by Crippen LogP contribution is -2.33. The summed E-state index contributed by atoms with van der Waals surface area (Å²) in [5.41, 5.74) is 1.60. The fourth-order valence-electron chi connectivity index (χ4n) is 1.55. The van der Waals surface area contributed by atoms with Crippen molar-refractivity contribution in [2.45, 2.75) is 6.92 Å². The maximum atomic E-state index is 5.46. The molecule has 0 atom stereocenters. The highest BCUT2D eigenvalue weighted by atomic mass is 16.4. The molecule has 3 heterocycles. The molecule has 1 aromatic heterocycles. The second-order valence-electron chi connectivity index (χ2n) is 3.23. The topological polar surface area (TPSA) is 52.3 Å².